The number of hydrogen-bond acceptors (Lipinski definition) is 6. The van der Waals surface area contributed by atoms with Crippen molar-refractivity contribution in [2.45, 2.75) is 6.10 Å². The molecule has 0 aromatic heterocycles. The van der Waals surface area contributed by atoms with Crippen molar-refractivity contribution in [2.75, 3.05) is 40.3 Å². The summed E-state index contributed by atoms with van der Waals surface area (Å²) in [6.45, 7) is 0. The molecular weight excluding hydrogens is 426 g/mol. The molecular formula is C20H24BrN3O4. The molecule has 1 atom stereocenters. The lowest BCUT2D eigenvalue weighted by Gasteiger charge is -2.17. The van der Waals surface area contributed by atoms with E-state index < -0.39 is 6.10 Å². The van der Waals surface area contributed by atoms with E-state index in [0.29, 0.717) is 11.5 Å². The van der Waals surface area contributed by atoms with Crippen molar-refractivity contribution in [1.82, 2.24) is 5.43 Å². The highest BCUT2D eigenvalue weighted by molar-refractivity contribution is 9.10. The summed E-state index contributed by atoms with van der Waals surface area (Å²) in [6.07, 6.45) is 0.752. The Morgan fingerprint density at radius 2 is 1.93 bits per heavy atom. The molecule has 0 aliphatic carbocycles. The number of carbonyl (C=O) groups excluding carboxylic acids is 1. The molecule has 0 aliphatic heterocycles. The van der Waals surface area contributed by atoms with Crippen molar-refractivity contribution in [2.24, 2.45) is 5.10 Å². The third-order valence-corrected chi connectivity index (χ3v) is 4.60. The van der Waals surface area contributed by atoms with Crippen molar-refractivity contribution < 1.29 is 19.0 Å². The lowest BCUT2D eigenvalue weighted by Crippen LogP contribution is -2.26. The maximum Gasteiger partial charge on any atom is 0.273 e. The number of hydrazone groups is 1. The van der Waals surface area contributed by atoms with Gasteiger partial charge in [0.25, 0.3) is 5.91 Å². The number of amides is 1. The van der Waals surface area contributed by atoms with Crippen LogP contribution in [-0.2, 0) is 9.53 Å². The molecule has 2 rings (SSSR count). The molecule has 1 amide bonds. The molecule has 8 heteroatoms. The number of anilines is 1. The van der Waals surface area contributed by atoms with Crippen LogP contribution in [0.25, 0.3) is 0 Å². The molecule has 1 N–H and O–H groups in total. The summed E-state index contributed by atoms with van der Waals surface area (Å²) >= 11 is 3.43. The van der Waals surface area contributed by atoms with Crippen LogP contribution in [0.4, 0.5) is 5.69 Å². The number of benzene rings is 2. The Labute approximate surface area is 173 Å². The van der Waals surface area contributed by atoms with Gasteiger partial charge in [-0.1, -0.05) is 12.1 Å². The number of halogens is 1. The third-order valence-electron chi connectivity index (χ3n) is 4.01. The van der Waals surface area contributed by atoms with E-state index in [9.17, 15) is 4.79 Å². The van der Waals surface area contributed by atoms with Crippen molar-refractivity contribution in [3.63, 3.8) is 0 Å². The largest absolute Gasteiger partial charge is 0.493 e. The van der Waals surface area contributed by atoms with Gasteiger partial charge in [-0.25, -0.2) is 5.43 Å². The second-order valence-corrected chi connectivity index (χ2v) is 6.93. The minimum Gasteiger partial charge on any atom is -0.493 e. The second kappa shape index (κ2) is 10.1. The quantitative estimate of drug-likeness (QED) is 0.493. The number of rotatable bonds is 8. The molecule has 1 unspecified atom stereocenters. The smallest absolute Gasteiger partial charge is 0.273 e. The van der Waals surface area contributed by atoms with Gasteiger partial charge in [0.05, 0.1) is 24.9 Å². The van der Waals surface area contributed by atoms with Crippen molar-refractivity contribution in [3.05, 3.63) is 52.0 Å². The molecule has 0 saturated carbocycles. The van der Waals surface area contributed by atoms with E-state index in [1.807, 2.05) is 49.3 Å². The van der Waals surface area contributed by atoms with E-state index >= 15 is 0 Å². The fraction of sp³-hybridized carbons (Fsp3) is 0.300. The van der Waals surface area contributed by atoms with Gasteiger partial charge in [-0.15, -0.1) is 0 Å². The van der Waals surface area contributed by atoms with Crippen LogP contribution in [0.15, 0.2) is 46.0 Å². The predicted molar refractivity (Wildman–Crippen MR) is 114 cm³/mol. The zero-order valence-electron chi connectivity index (χ0n) is 16.5. The Bertz CT molecular complexity index is 855. The van der Waals surface area contributed by atoms with Gasteiger partial charge in [0.15, 0.2) is 17.6 Å². The van der Waals surface area contributed by atoms with Crippen LogP contribution in [-0.4, -0.2) is 47.5 Å². The lowest BCUT2D eigenvalue weighted by atomic mass is 10.1. The molecule has 150 valence electrons. The standard InChI is InChI=1S/C20H24BrN3O4/c1-24(2)15-8-6-7-14(11-15)18(27-4)20(25)23-22-12-13-9-16(21)19(28-5)17(10-13)26-3/h6-12,18H,1-5H3,(H,23,25)/b22-12+. The van der Waals surface area contributed by atoms with Gasteiger partial charge < -0.3 is 19.1 Å². The monoisotopic (exact) mass is 449 g/mol. The number of ether oxygens (including phenoxy) is 3. The first kappa shape index (κ1) is 21.7. The topological polar surface area (TPSA) is 72.4 Å². The molecule has 7 nitrogen and oxygen atoms in total. The summed E-state index contributed by atoms with van der Waals surface area (Å²) in [6, 6.07) is 11.2. The normalized spacial score (nSPS) is 11.9. The molecule has 2 aromatic carbocycles. The lowest BCUT2D eigenvalue weighted by molar-refractivity contribution is -0.131. The number of methoxy groups -OCH3 is 3. The third kappa shape index (κ3) is 5.24. The highest BCUT2D eigenvalue weighted by atomic mass is 79.9. The average molecular weight is 450 g/mol. The summed E-state index contributed by atoms with van der Waals surface area (Å²) in [5.41, 5.74) is 4.97. The highest BCUT2D eigenvalue weighted by Crippen LogP contribution is 2.35. The van der Waals surface area contributed by atoms with Crippen LogP contribution < -0.4 is 19.8 Å². The van der Waals surface area contributed by atoms with E-state index in [-0.39, 0.29) is 5.91 Å². The highest BCUT2D eigenvalue weighted by Gasteiger charge is 2.20. The van der Waals surface area contributed by atoms with Crippen molar-refractivity contribution >= 4 is 33.7 Å². The molecule has 28 heavy (non-hydrogen) atoms. The van der Waals surface area contributed by atoms with Gasteiger partial charge in [-0.2, -0.15) is 5.10 Å². The zero-order chi connectivity index (χ0) is 20.7. The molecule has 0 radical (unpaired) electrons. The van der Waals surface area contributed by atoms with E-state index in [2.05, 4.69) is 26.5 Å². The Kier molecular flexibility index (Phi) is 7.83. The first-order valence-electron chi connectivity index (χ1n) is 8.45. The first-order valence-corrected chi connectivity index (χ1v) is 9.25. The van der Waals surface area contributed by atoms with Crippen LogP contribution in [0, 0.1) is 0 Å². The van der Waals surface area contributed by atoms with Gasteiger partial charge in [0.1, 0.15) is 0 Å². The van der Waals surface area contributed by atoms with Crippen LogP contribution in [0.1, 0.15) is 17.2 Å². The minimum atomic E-state index is -0.769. The molecule has 0 fully saturated rings. The van der Waals surface area contributed by atoms with E-state index in [1.165, 1.54) is 13.3 Å². The molecule has 0 heterocycles. The van der Waals surface area contributed by atoms with Gasteiger partial charge >= 0.3 is 0 Å². The van der Waals surface area contributed by atoms with E-state index in [4.69, 9.17) is 14.2 Å². The zero-order valence-corrected chi connectivity index (χ0v) is 18.1. The fourth-order valence-electron chi connectivity index (χ4n) is 2.60. The summed E-state index contributed by atoms with van der Waals surface area (Å²) < 4.78 is 16.7. The maximum atomic E-state index is 12.5. The molecule has 0 spiro atoms. The van der Waals surface area contributed by atoms with Gasteiger partial charge in [-0.3, -0.25) is 4.79 Å². The SMILES string of the molecule is COc1cc(/C=N/NC(=O)C(OC)c2cccc(N(C)C)c2)cc(Br)c1OC. The summed E-state index contributed by atoms with van der Waals surface area (Å²) in [7, 11) is 8.48. The first-order chi connectivity index (χ1) is 13.4. The van der Waals surface area contributed by atoms with E-state index in [0.717, 1.165) is 21.3 Å². The number of nitrogens with zero attached hydrogens (tertiary/aromatic N) is 2. The Morgan fingerprint density at radius 3 is 2.54 bits per heavy atom. The fourth-order valence-corrected chi connectivity index (χ4v) is 3.22. The van der Waals surface area contributed by atoms with Crippen LogP contribution in [0.2, 0.25) is 0 Å². The molecule has 0 bridgehead atoms. The number of carbonyl (C=O) groups is 1. The molecule has 2 aromatic rings. The van der Waals surface area contributed by atoms with Crippen LogP contribution in [0.3, 0.4) is 0 Å². The van der Waals surface area contributed by atoms with Crippen molar-refractivity contribution in [1.29, 1.82) is 0 Å². The minimum absolute atomic E-state index is 0.366. The van der Waals surface area contributed by atoms with Crippen LogP contribution in [0.5, 0.6) is 11.5 Å². The second-order valence-electron chi connectivity index (χ2n) is 6.08. The maximum absolute atomic E-state index is 12.5. The summed E-state index contributed by atoms with van der Waals surface area (Å²) in [4.78, 5) is 14.5. The Hall–Kier alpha value is -2.58. The van der Waals surface area contributed by atoms with Crippen LogP contribution >= 0.6 is 15.9 Å². The average Bonchev–Trinajstić information content (AvgIpc) is 2.68. The Morgan fingerprint density at radius 1 is 1.18 bits per heavy atom. The number of hydrogen-bond donors (Lipinski definition) is 1. The molecule has 0 aliphatic rings. The van der Waals surface area contributed by atoms with Gasteiger partial charge in [0.2, 0.25) is 0 Å². The summed E-state index contributed by atoms with van der Waals surface area (Å²) in [5.74, 6) is 0.776. The summed E-state index contributed by atoms with van der Waals surface area (Å²) in [5, 5.41) is 4.03. The van der Waals surface area contributed by atoms with Crippen molar-refractivity contribution in [3.8, 4) is 11.5 Å². The Balaban J connectivity index is 2.14. The molecule has 0 saturated heterocycles. The van der Waals surface area contributed by atoms with Gasteiger partial charge in [0, 0.05) is 26.9 Å². The number of nitrogens with one attached hydrogen (secondary N) is 1. The van der Waals surface area contributed by atoms with E-state index in [1.54, 1.807) is 20.3 Å². The predicted octanol–water partition coefficient (Wildman–Crippen LogP) is 3.37. The van der Waals surface area contributed by atoms with Gasteiger partial charge in [-0.05, 0) is 51.3 Å².